The lowest BCUT2D eigenvalue weighted by Crippen LogP contribution is -2.30. The second-order valence-electron chi connectivity index (χ2n) is 4.94. The van der Waals surface area contributed by atoms with Crippen LogP contribution in [0.5, 0.6) is 0 Å². The van der Waals surface area contributed by atoms with E-state index in [4.69, 9.17) is 0 Å². The van der Waals surface area contributed by atoms with Crippen molar-refractivity contribution in [3.05, 3.63) is 0 Å². The summed E-state index contributed by atoms with van der Waals surface area (Å²) in [5, 5.41) is 3.50. The Hall–Kier alpha value is -0.0800. The topological polar surface area (TPSA) is 15.3 Å². The summed E-state index contributed by atoms with van der Waals surface area (Å²) in [6.45, 7) is 11.6. The van der Waals surface area contributed by atoms with Gasteiger partial charge >= 0.3 is 0 Å². The first-order chi connectivity index (χ1) is 7.16. The fraction of sp³-hybridized carbons (Fsp3) is 1.00. The number of unbranched alkanes of at least 4 members (excludes halogenated alkanes) is 2. The Morgan fingerprint density at radius 1 is 1.07 bits per heavy atom. The van der Waals surface area contributed by atoms with Crippen LogP contribution in [-0.4, -0.2) is 38.1 Å². The molecule has 0 aromatic heterocycles. The molecule has 0 unspecified atom stereocenters. The maximum absolute atomic E-state index is 3.50. The van der Waals surface area contributed by atoms with Gasteiger partial charge in [-0.25, -0.2) is 0 Å². The molecule has 2 heteroatoms. The Balaban J connectivity index is 3.13. The van der Waals surface area contributed by atoms with Crippen molar-refractivity contribution in [1.29, 1.82) is 0 Å². The second kappa shape index (κ2) is 10.4. The average molecular weight is 214 g/mol. The van der Waals surface area contributed by atoms with Crippen molar-refractivity contribution in [2.75, 3.05) is 33.2 Å². The van der Waals surface area contributed by atoms with Crippen LogP contribution < -0.4 is 5.32 Å². The molecule has 0 spiro atoms. The third-order valence-electron chi connectivity index (χ3n) is 2.72. The highest BCUT2D eigenvalue weighted by atomic mass is 15.1. The molecule has 2 nitrogen and oxygen atoms in total. The van der Waals surface area contributed by atoms with E-state index in [0.29, 0.717) is 0 Å². The van der Waals surface area contributed by atoms with Crippen LogP contribution in [0.1, 0.15) is 46.5 Å². The van der Waals surface area contributed by atoms with E-state index in [9.17, 15) is 0 Å². The van der Waals surface area contributed by atoms with E-state index < -0.39 is 0 Å². The molecule has 0 aromatic carbocycles. The van der Waals surface area contributed by atoms with Crippen molar-refractivity contribution in [2.24, 2.45) is 5.92 Å². The highest BCUT2D eigenvalue weighted by molar-refractivity contribution is 4.56. The Morgan fingerprint density at radius 2 is 1.80 bits per heavy atom. The van der Waals surface area contributed by atoms with E-state index >= 15 is 0 Å². The fourth-order valence-electron chi connectivity index (χ4n) is 1.49. The highest BCUT2D eigenvalue weighted by Gasteiger charge is 1.99. The van der Waals surface area contributed by atoms with Crippen molar-refractivity contribution in [1.82, 2.24) is 10.2 Å². The normalized spacial score (nSPS) is 11.6. The zero-order valence-electron chi connectivity index (χ0n) is 11.2. The standard InChI is InChI=1S/C13H30N2/c1-5-6-7-9-14-10-12-15(4)11-8-13(2)3/h13-14H,5-12H2,1-4H3. The fourth-order valence-corrected chi connectivity index (χ4v) is 1.49. The number of hydrogen-bond donors (Lipinski definition) is 1. The average Bonchev–Trinajstić information content (AvgIpc) is 2.20. The minimum absolute atomic E-state index is 0.824. The summed E-state index contributed by atoms with van der Waals surface area (Å²) in [4.78, 5) is 2.42. The molecule has 0 amide bonds. The Morgan fingerprint density at radius 3 is 2.40 bits per heavy atom. The predicted octanol–water partition coefficient (Wildman–Crippen LogP) is 2.74. The molecule has 0 fully saturated rings. The smallest absolute Gasteiger partial charge is 0.0104 e. The molecule has 0 saturated heterocycles. The van der Waals surface area contributed by atoms with Gasteiger partial charge in [0.15, 0.2) is 0 Å². The van der Waals surface area contributed by atoms with Crippen LogP contribution in [0.25, 0.3) is 0 Å². The Kier molecular flexibility index (Phi) is 10.4. The molecule has 0 aliphatic carbocycles. The molecule has 0 heterocycles. The molecule has 0 bridgehead atoms. The van der Waals surface area contributed by atoms with Crippen LogP contribution in [0.2, 0.25) is 0 Å². The van der Waals surface area contributed by atoms with Crippen molar-refractivity contribution in [2.45, 2.75) is 46.5 Å². The third kappa shape index (κ3) is 11.8. The predicted molar refractivity (Wildman–Crippen MR) is 69.3 cm³/mol. The van der Waals surface area contributed by atoms with Crippen molar-refractivity contribution in [3.63, 3.8) is 0 Å². The van der Waals surface area contributed by atoms with Gasteiger partial charge in [-0.3, -0.25) is 0 Å². The summed E-state index contributed by atoms with van der Waals surface area (Å²) in [5.74, 6) is 0.824. The van der Waals surface area contributed by atoms with Crippen LogP contribution >= 0.6 is 0 Å². The van der Waals surface area contributed by atoms with Gasteiger partial charge in [-0.1, -0.05) is 33.6 Å². The van der Waals surface area contributed by atoms with Gasteiger partial charge in [0.05, 0.1) is 0 Å². The lowest BCUT2D eigenvalue weighted by molar-refractivity contribution is 0.309. The van der Waals surface area contributed by atoms with Crippen LogP contribution in [0, 0.1) is 5.92 Å². The summed E-state index contributed by atoms with van der Waals surface area (Å²) in [7, 11) is 2.22. The van der Waals surface area contributed by atoms with Crippen molar-refractivity contribution < 1.29 is 0 Å². The van der Waals surface area contributed by atoms with Gasteiger partial charge in [-0.05, 0) is 38.9 Å². The van der Waals surface area contributed by atoms with Crippen LogP contribution in [0.3, 0.4) is 0 Å². The van der Waals surface area contributed by atoms with Gasteiger partial charge in [-0.2, -0.15) is 0 Å². The first-order valence-electron chi connectivity index (χ1n) is 6.56. The van der Waals surface area contributed by atoms with Crippen LogP contribution in [-0.2, 0) is 0 Å². The molecule has 0 rings (SSSR count). The Labute approximate surface area is 96.4 Å². The summed E-state index contributed by atoms with van der Waals surface area (Å²) in [6, 6.07) is 0. The number of likely N-dealkylation sites (N-methyl/N-ethyl adjacent to an activating group) is 1. The maximum atomic E-state index is 3.50. The van der Waals surface area contributed by atoms with Gasteiger partial charge in [0, 0.05) is 13.1 Å². The molecular weight excluding hydrogens is 184 g/mol. The minimum Gasteiger partial charge on any atom is -0.315 e. The molecule has 1 N–H and O–H groups in total. The minimum atomic E-state index is 0.824. The third-order valence-corrected chi connectivity index (χ3v) is 2.72. The first kappa shape index (κ1) is 14.9. The number of hydrogen-bond acceptors (Lipinski definition) is 2. The summed E-state index contributed by atoms with van der Waals surface area (Å²) >= 11 is 0. The molecule has 0 aliphatic rings. The molecule has 0 radical (unpaired) electrons. The number of nitrogens with one attached hydrogen (secondary N) is 1. The monoisotopic (exact) mass is 214 g/mol. The maximum Gasteiger partial charge on any atom is 0.0104 e. The van der Waals surface area contributed by atoms with Gasteiger partial charge in [0.25, 0.3) is 0 Å². The molecule has 15 heavy (non-hydrogen) atoms. The largest absolute Gasteiger partial charge is 0.315 e. The molecule has 0 aliphatic heterocycles. The van der Waals surface area contributed by atoms with Crippen LogP contribution in [0.4, 0.5) is 0 Å². The summed E-state index contributed by atoms with van der Waals surface area (Å²) in [6.07, 6.45) is 5.31. The quantitative estimate of drug-likeness (QED) is 0.563. The molecular formula is C13H30N2. The van der Waals surface area contributed by atoms with E-state index in [1.54, 1.807) is 0 Å². The molecule has 0 atom stereocenters. The number of rotatable bonds is 10. The second-order valence-corrected chi connectivity index (χ2v) is 4.94. The van der Waals surface area contributed by atoms with E-state index in [0.717, 1.165) is 12.5 Å². The lowest BCUT2D eigenvalue weighted by Gasteiger charge is -2.17. The zero-order valence-corrected chi connectivity index (χ0v) is 11.2. The van der Waals surface area contributed by atoms with Gasteiger partial charge in [0.2, 0.25) is 0 Å². The number of nitrogens with zero attached hydrogens (tertiary/aromatic N) is 1. The highest BCUT2D eigenvalue weighted by Crippen LogP contribution is 1.99. The van der Waals surface area contributed by atoms with E-state index in [1.807, 2.05) is 0 Å². The molecule has 0 saturated carbocycles. The van der Waals surface area contributed by atoms with Crippen LogP contribution in [0.15, 0.2) is 0 Å². The zero-order chi connectivity index (χ0) is 11.5. The van der Waals surface area contributed by atoms with E-state index in [2.05, 4.69) is 38.0 Å². The van der Waals surface area contributed by atoms with Gasteiger partial charge in [-0.15, -0.1) is 0 Å². The molecule has 0 aromatic rings. The summed E-state index contributed by atoms with van der Waals surface area (Å²) in [5.41, 5.74) is 0. The Bertz CT molecular complexity index is 124. The lowest BCUT2D eigenvalue weighted by atomic mass is 10.1. The van der Waals surface area contributed by atoms with Crippen molar-refractivity contribution in [3.8, 4) is 0 Å². The first-order valence-corrected chi connectivity index (χ1v) is 6.56. The van der Waals surface area contributed by atoms with E-state index in [-0.39, 0.29) is 0 Å². The van der Waals surface area contributed by atoms with E-state index in [1.165, 1.54) is 45.3 Å². The molecule has 92 valence electrons. The van der Waals surface area contributed by atoms with Gasteiger partial charge < -0.3 is 10.2 Å². The SMILES string of the molecule is CCCCCNCCN(C)CCC(C)C. The summed E-state index contributed by atoms with van der Waals surface area (Å²) < 4.78 is 0. The van der Waals surface area contributed by atoms with Gasteiger partial charge in [0.1, 0.15) is 0 Å². The van der Waals surface area contributed by atoms with Crippen molar-refractivity contribution >= 4 is 0 Å².